The maximum absolute atomic E-state index is 13.2. The third-order valence-corrected chi connectivity index (χ3v) is 6.29. The number of ether oxygens (including phenoxy) is 4. The minimum absolute atomic E-state index is 0.00576. The average Bonchev–Trinajstić information content (AvgIpc) is 3.36. The van der Waals surface area contributed by atoms with E-state index in [0.29, 0.717) is 17.0 Å². The van der Waals surface area contributed by atoms with Crippen LogP contribution in [0, 0.1) is 5.92 Å². The zero-order valence-electron chi connectivity index (χ0n) is 22.7. The summed E-state index contributed by atoms with van der Waals surface area (Å²) in [5, 5.41) is 0.531. The maximum atomic E-state index is 13.2. The van der Waals surface area contributed by atoms with Crippen LogP contribution in [0.25, 0.3) is 11.0 Å². The highest BCUT2D eigenvalue weighted by Gasteiger charge is 2.54. The summed E-state index contributed by atoms with van der Waals surface area (Å²) >= 11 is 0. The lowest BCUT2D eigenvalue weighted by atomic mass is 10.0. The Kier molecular flexibility index (Phi) is 6.58. The van der Waals surface area contributed by atoms with Crippen molar-refractivity contribution >= 4 is 29.0 Å². The zero-order valence-corrected chi connectivity index (χ0v) is 22.7. The molecule has 10 heteroatoms. The number of carbonyl (C=O) groups excluding carboxylic acids is 2. The lowest BCUT2D eigenvalue weighted by Gasteiger charge is -2.28. The molecule has 0 spiro atoms. The third kappa shape index (κ3) is 5.20. The Morgan fingerprint density at radius 1 is 1.06 bits per heavy atom. The second kappa shape index (κ2) is 8.99. The lowest BCUT2D eigenvalue weighted by Crippen LogP contribution is -2.44. The smallest absolute Gasteiger partial charge is 0.425 e. The van der Waals surface area contributed by atoms with Gasteiger partial charge in [0.1, 0.15) is 29.3 Å². The molecule has 2 aromatic heterocycles. The molecule has 4 rings (SSSR count). The Balaban J connectivity index is 1.76. The molecule has 2 amide bonds. The summed E-state index contributed by atoms with van der Waals surface area (Å²) in [6, 6.07) is 1.79. The number of hydrogen-bond donors (Lipinski definition) is 0. The van der Waals surface area contributed by atoms with Gasteiger partial charge in [0.05, 0.1) is 17.5 Å². The second-order valence-corrected chi connectivity index (χ2v) is 12.0. The zero-order chi connectivity index (χ0) is 26.6. The number of aromatic nitrogens is 3. The fraction of sp³-hybridized carbons (Fsp3) is 0.692. The highest BCUT2D eigenvalue weighted by molar-refractivity contribution is 6.13. The van der Waals surface area contributed by atoms with E-state index in [9.17, 15) is 9.59 Å². The van der Waals surface area contributed by atoms with Crippen LogP contribution in [0.2, 0.25) is 0 Å². The quantitative estimate of drug-likeness (QED) is 0.534. The molecule has 1 aliphatic heterocycles. The van der Waals surface area contributed by atoms with E-state index in [4.69, 9.17) is 18.9 Å². The van der Waals surface area contributed by atoms with Crippen molar-refractivity contribution in [3.05, 3.63) is 18.6 Å². The molecule has 36 heavy (non-hydrogen) atoms. The van der Waals surface area contributed by atoms with Gasteiger partial charge < -0.3 is 23.5 Å². The molecular formula is C26H38N4O6. The van der Waals surface area contributed by atoms with Crippen LogP contribution >= 0.6 is 0 Å². The molecule has 1 saturated carbocycles. The van der Waals surface area contributed by atoms with Crippen molar-refractivity contribution < 1.29 is 28.5 Å². The average molecular weight is 503 g/mol. The number of amides is 2. The SMILES string of the molecule is CC[C@H]1C[C@@H](n2ccc3c(N(C(=O)OC(C)(C)C)C(=O)OC(C)(C)C)ncnc32)[C@@H]2OC(C)(C)O[C@H]12. The highest BCUT2D eigenvalue weighted by atomic mass is 16.8. The first-order chi connectivity index (χ1) is 16.6. The van der Waals surface area contributed by atoms with Gasteiger partial charge in [-0.05, 0) is 73.8 Å². The topological polar surface area (TPSA) is 105 Å². The van der Waals surface area contributed by atoms with Gasteiger partial charge in [0.2, 0.25) is 0 Å². The molecule has 1 aliphatic carbocycles. The molecule has 2 aromatic rings. The normalized spacial score (nSPS) is 25.6. The number of nitrogens with zero attached hydrogens (tertiary/aromatic N) is 4. The van der Waals surface area contributed by atoms with Gasteiger partial charge in [-0.25, -0.2) is 19.6 Å². The molecule has 0 bridgehead atoms. The van der Waals surface area contributed by atoms with E-state index in [1.54, 1.807) is 41.5 Å². The predicted molar refractivity (Wildman–Crippen MR) is 134 cm³/mol. The van der Waals surface area contributed by atoms with Crippen LogP contribution in [0.5, 0.6) is 0 Å². The van der Waals surface area contributed by atoms with Crippen molar-refractivity contribution in [2.75, 3.05) is 4.90 Å². The second-order valence-electron chi connectivity index (χ2n) is 12.0. The molecular weight excluding hydrogens is 464 g/mol. The standard InChI is InChI=1S/C26H38N4O6/c1-10-15-13-17(19-18(15)33-26(8,9)34-19)29-12-11-16-20(29)27-14-28-21(16)30(22(31)35-24(2,3)4)23(32)36-25(5,6)7/h11-12,14-15,17-19H,10,13H2,1-9H3/t15-,17+,18+,19-/m0/s1. The molecule has 1 saturated heterocycles. The number of imide groups is 1. The summed E-state index contributed by atoms with van der Waals surface area (Å²) in [5.74, 6) is -0.206. The summed E-state index contributed by atoms with van der Waals surface area (Å²) in [7, 11) is 0. The van der Waals surface area contributed by atoms with E-state index in [-0.39, 0.29) is 24.1 Å². The maximum Gasteiger partial charge on any atom is 0.425 e. The molecule has 0 radical (unpaired) electrons. The number of rotatable bonds is 3. The van der Waals surface area contributed by atoms with Crippen molar-refractivity contribution in [3.63, 3.8) is 0 Å². The minimum atomic E-state index is -0.870. The summed E-state index contributed by atoms with van der Waals surface area (Å²) in [4.78, 5) is 36.1. The molecule has 198 valence electrons. The van der Waals surface area contributed by atoms with Crippen molar-refractivity contribution in [2.24, 2.45) is 5.92 Å². The van der Waals surface area contributed by atoms with Crippen molar-refractivity contribution in [2.45, 2.75) is 110 Å². The van der Waals surface area contributed by atoms with Gasteiger partial charge in [0, 0.05) is 6.20 Å². The van der Waals surface area contributed by atoms with E-state index in [1.165, 1.54) is 6.33 Å². The predicted octanol–water partition coefficient (Wildman–Crippen LogP) is 5.60. The molecule has 0 unspecified atom stereocenters. The Morgan fingerprint density at radius 3 is 2.19 bits per heavy atom. The molecule has 2 aliphatic rings. The minimum Gasteiger partial charge on any atom is -0.443 e. The molecule has 0 aromatic carbocycles. The fourth-order valence-electron chi connectivity index (χ4n) is 4.99. The monoisotopic (exact) mass is 502 g/mol. The van der Waals surface area contributed by atoms with Gasteiger partial charge in [0.25, 0.3) is 0 Å². The van der Waals surface area contributed by atoms with Gasteiger partial charge >= 0.3 is 12.2 Å². The van der Waals surface area contributed by atoms with E-state index >= 15 is 0 Å². The Bertz CT molecular complexity index is 1120. The number of anilines is 1. The molecule has 10 nitrogen and oxygen atoms in total. The highest BCUT2D eigenvalue weighted by Crippen LogP contribution is 2.48. The van der Waals surface area contributed by atoms with Crippen molar-refractivity contribution in [1.82, 2.24) is 14.5 Å². The largest absolute Gasteiger partial charge is 0.443 e. The summed E-state index contributed by atoms with van der Waals surface area (Å²) in [5.41, 5.74) is -1.06. The van der Waals surface area contributed by atoms with Crippen LogP contribution in [0.3, 0.4) is 0 Å². The van der Waals surface area contributed by atoms with Crippen LogP contribution in [0.4, 0.5) is 15.4 Å². The van der Waals surface area contributed by atoms with Crippen molar-refractivity contribution in [1.29, 1.82) is 0 Å². The van der Waals surface area contributed by atoms with Crippen LogP contribution in [-0.2, 0) is 18.9 Å². The van der Waals surface area contributed by atoms with Crippen LogP contribution in [0.15, 0.2) is 18.6 Å². The van der Waals surface area contributed by atoms with Crippen LogP contribution < -0.4 is 4.90 Å². The first kappa shape index (κ1) is 26.3. The molecule has 2 fully saturated rings. The number of hydrogen-bond acceptors (Lipinski definition) is 8. The molecule has 3 heterocycles. The van der Waals surface area contributed by atoms with Gasteiger partial charge in [0.15, 0.2) is 11.6 Å². The van der Waals surface area contributed by atoms with Gasteiger partial charge in [-0.2, -0.15) is 4.90 Å². The van der Waals surface area contributed by atoms with Gasteiger partial charge in [-0.1, -0.05) is 13.3 Å². The Hall–Kier alpha value is -2.72. The van der Waals surface area contributed by atoms with E-state index in [2.05, 4.69) is 16.9 Å². The van der Waals surface area contributed by atoms with E-state index in [1.807, 2.05) is 30.7 Å². The van der Waals surface area contributed by atoms with Gasteiger partial charge in [-0.3, -0.25) is 0 Å². The Labute approximate surface area is 212 Å². The molecule has 4 atom stereocenters. The first-order valence-corrected chi connectivity index (χ1v) is 12.5. The summed E-state index contributed by atoms with van der Waals surface area (Å²) in [6.45, 7) is 16.4. The van der Waals surface area contributed by atoms with Crippen LogP contribution in [-0.4, -0.2) is 55.9 Å². The number of carbonyl (C=O) groups is 2. The summed E-state index contributed by atoms with van der Waals surface area (Å²) < 4.78 is 25.7. The fourth-order valence-corrected chi connectivity index (χ4v) is 4.99. The Morgan fingerprint density at radius 2 is 1.64 bits per heavy atom. The molecule has 0 N–H and O–H groups in total. The van der Waals surface area contributed by atoms with E-state index < -0.39 is 29.2 Å². The summed E-state index contributed by atoms with van der Waals surface area (Å²) in [6.07, 6.45) is 3.21. The van der Waals surface area contributed by atoms with Gasteiger partial charge in [-0.15, -0.1) is 0 Å². The first-order valence-electron chi connectivity index (χ1n) is 12.5. The number of fused-ring (bicyclic) bond motifs is 2. The van der Waals surface area contributed by atoms with Crippen LogP contribution in [0.1, 0.15) is 81.2 Å². The van der Waals surface area contributed by atoms with E-state index in [0.717, 1.165) is 17.7 Å². The lowest BCUT2D eigenvalue weighted by molar-refractivity contribution is -0.160. The van der Waals surface area contributed by atoms with Crippen molar-refractivity contribution in [3.8, 4) is 0 Å². The third-order valence-electron chi connectivity index (χ3n) is 6.29.